The molecule has 104 valence electrons. The average Bonchev–Trinajstić information content (AvgIpc) is 2.46. The third-order valence-electron chi connectivity index (χ3n) is 3.70. The molecule has 1 amide bonds. The Balaban J connectivity index is 2.27. The molecule has 0 spiro atoms. The Kier molecular flexibility index (Phi) is 4.75. The fraction of sp³-hybridized carbons (Fsp3) is 0.533. The molecule has 0 N–H and O–H groups in total. The minimum absolute atomic E-state index is 0.0942. The van der Waals surface area contributed by atoms with Gasteiger partial charge >= 0.3 is 0 Å². The average molecular weight is 279 g/mol. The zero-order valence-corrected chi connectivity index (χ0v) is 12.6. The number of carbonyl (C=O) groups is 1. The standard InChI is InChI=1S/C15H21NO2S/c1-11-6-4-5-9-16(11)15(17)13-8-7-12(19-3)10-14(13)18-2/h7-8,10-11H,4-6,9H2,1-3H3. The van der Waals surface area contributed by atoms with Gasteiger partial charge < -0.3 is 9.64 Å². The van der Waals surface area contributed by atoms with E-state index in [0.717, 1.165) is 24.3 Å². The quantitative estimate of drug-likeness (QED) is 0.794. The molecule has 1 aliphatic rings. The van der Waals surface area contributed by atoms with Crippen LogP contribution in [0.4, 0.5) is 0 Å². The monoisotopic (exact) mass is 279 g/mol. The highest BCUT2D eigenvalue weighted by atomic mass is 32.2. The zero-order chi connectivity index (χ0) is 13.8. The Labute approximate surface area is 119 Å². The third-order valence-corrected chi connectivity index (χ3v) is 4.43. The van der Waals surface area contributed by atoms with Gasteiger partial charge in [0.2, 0.25) is 0 Å². The van der Waals surface area contributed by atoms with Crippen LogP contribution < -0.4 is 4.74 Å². The second kappa shape index (κ2) is 6.33. The van der Waals surface area contributed by atoms with Crippen LogP contribution in [0.3, 0.4) is 0 Å². The number of nitrogens with zero attached hydrogens (tertiary/aromatic N) is 1. The molecule has 0 saturated carbocycles. The van der Waals surface area contributed by atoms with Crippen molar-refractivity contribution in [2.75, 3.05) is 19.9 Å². The van der Waals surface area contributed by atoms with E-state index in [4.69, 9.17) is 4.74 Å². The van der Waals surface area contributed by atoms with Crippen molar-refractivity contribution in [3.05, 3.63) is 23.8 Å². The molecule has 1 aromatic rings. The van der Waals surface area contributed by atoms with Crippen molar-refractivity contribution in [1.82, 2.24) is 4.90 Å². The first kappa shape index (κ1) is 14.3. The number of carbonyl (C=O) groups excluding carboxylic acids is 1. The van der Waals surface area contributed by atoms with E-state index in [1.165, 1.54) is 6.42 Å². The molecule has 19 heavy (non-hydrogen) atoms. The molecule has 1 saturated heterocycles. The van der Waals surface area contributed by atoms with E-state index >= 15 is 0 Å². The van der Waals surface area contributed by atoms with Gasteiger partial charge in [0, 0.05) is 17.5 Å². The molecule has 0 bridgehead atoms. The molecular formula is C15H21NO2S. The van der Waals surface area contributed by atoms with E-state index in [-0.39, 0.29) is 5.91 Å². The lowest BCUT2D eigenvalue weighted by Crippen LogP contribution is -2.42. The number of rotatable bonds is 3. The molecule has 3 nitrogen and oxygen atoms in total. The van der Waals surface area contributed by atoms with Gasteiger partial charge in [0.1, 0.15) is 5.75 Å². The van der Waals surface area contributed by atoms with Crippen molar-refractivity contribution in [2.45, 2.75) is 37.1 Å². The first-order valence-corrected chi connectivity index (χ1v) is 7.93. The molecule has 1 fully saturated rings. The Morgan fingerprint density at radius 1 is 1.42 bits per heavy atom. The van der Waals surface area contributed by atoms with Gasteiger partial charge in [0.15, 0.2) is 0 Å². The fourth-order valence-corrected chi connectivity index (χ4v) is 2.96. The number of likely N-dealkylation sites (tertiary alicyclic amines) is 1. The van der Waals surface area contributed by atoms with Gasteiger partial charge in [-0.2, -0.15) is 0 Å². The number of methoxy groups -OCH3 is 1. The van der Waals surface area contributed by atoms with E-state index in [0.29, 0.717) is 17.4 Å². The van der Waals surface area contributed by atoms with Crippen LogP contribution in [0, 0.1) is 0 Å². The summed E-state index contributed by atoms with van der Waals surface area (Å²) >= 11 is 1.65. The number of thioether (sulfide) groups is 1. The first-order chi connectivity index (χ1) is 9.17. The third kappa shape index (κ3) is 3.06. The summed E-state index contributed by atoms with van der Waals surface area (Å²) in [6, 6.07) is 6.13. The molecule has 1 atom stereocenters. The highest BCUT2D eigenvalue weighted by Gasteiger charge is 2.26. The van der Waals surface area contributed by atoms with E-state index in [9.17, 15) is 4.79 Å². The van der Waals surface area contributed by atoms with Crippen LogP contribution in [-0.2, 0) is 0 Å². The van der Waals surface area contributed by atoms with Crippen LogP contribution in [0.5, 0.6) is 5.75 Å². The number of hydrogen-bond donors (Lipinski definition) is 0. The topological polar surface area (TPSA) is 29.5 Å². The summed E-state index contributed by atoms with van der Waals surface area (Å²) in [6.45, 7) is 2.98. The molecule has 1 unspecified atom stereocenters. The summed E-state index contributed by atoms with van der Waals surface area (Å²) in [5, 5.41) is 0. The molecule has 2 rings (SSSR count). The molecule has 4 heteroatoms. The van der Waals surface area contributed by atoms with Crippen molar-refractivity contribution < 1.29 is 9.53 Å². The van der Waals surface area contributed by atoms with Crippen molar-refractivity contribution in [3.8, 4) is 5.75 Å². The van der Waals surface area contributed by atoms with Gasteiger partial charge in [0.25, 0.3) is 5.91 Å². The molecular weight excluding hydrogens is 258 g/mol. The molecule has 0 radical (unpaired) electrons. The van der Waals surface area contributed by atoms with Crippen molar-refractivity contribution in [1.29, 1.82) is 0 Å². The summed E-state index contributed by atoms with van der Waals surface area (Å²) in [5.74, 6) is 0.770. The highest BCUT2D eigenvalue weighted by Crippen LogP contribution is 2.28. The van der Waals surface area contributed by atoms with Gasteiger partial charge in [-0.3, -0.25) is 4.79 Å². The Hall–Kier alpha value is -1.16. The van der Waals surface area contributed by atoms with E-state index in [1.54, 1.807) is 18.9 Å². The Morgan fingerprint density at radius 2 is 2.21 bits per heavy atom. The van der Waals surface area contributed by atoms with Crippen LogP contribution in [0.1, 0.15) is 36.5 Å². The van der Waals surface area contributed by atoms with Crippen LogP contribution >= 0.6 is 11.8 Å². The van der Waals surface area contributed by atoms with E-state index in [2.05, 4.69) is 6.92 Å². The van der Waals surface area contributed by atoms with Crippen molar-refractivity contribution in [2.24, 2.45) is 0 Å². The SMILES string of the molecule is COc1cc(SC)ccc1C(=O)N1CCCCC1C. The predicted octanol–water partition coefficient (Wildman–Crippen LogP) is 3.43. The van der Waals surface area contributed by atoms with Crippen molar-refractivity contribution in [3.63, 3.8) is 0 Å². The largest absolute Gasteiger partial charge is 0.496 e. The minimum atomic E-state index is 0.0942. The molecule has 1 aliphatic heterocycles. The second-order valence-electron chi connectivity index (χ2n) is 4.91. The van der Waals surface area contributed by atoms with Gasteiger partial charge in [-0.05, 0) is 50.6 Å². The lowest BCUT2D eigenvalue weighted by molar-refractivity contribution is 0.0632. The lowest BCUT2D eigenvalue weighted by atomic mass is 10.0. The van der Waals surface area contributed by atoms with Gasteiger partial charge in [-0.1, -0.05) is 0 Å². The number of piperidine rings is 1. The fourth-order valence-electron chi connectivity index (χ4n) is 2.53. The minimum Gasteiger partial charge on any atom is -0.496 e. The maximum atomic E-state index is 12.6. The summed E-state index contributed by atoms with van der Waals surface area (Å²) in [6.07, 6.45) is 5.43. The van der Waals surface area contributed by atoms with Crippen LogP contribution in [0.2, 0.25) is 0 Å². The van der Waals surface area contributed by atoms with Gasteiger partial charge in [-0.25, -0.2) is 0 Å². The number of benzene rings is 1. The highest BCUT2D eigenvalue weighted by molar-refractivity contribution is 7.98. The summed E-state index contributed by atoms with van der Waals surface area (Å²) < 4.78 is 5.37. The first-order valence-electron chi connectivity index (χ1n) is 6.70. The normalized spacial score (nSPS) is 19.3. The van der Waals surface area contributed by atoms with Gasteiger partial charge in [-0.15, -0.1) is 11.8 Å². The number of amides is 1. The smallest absolute Gasteiger partial charge is 0.257 e. The van der Waals surface area contributed by atoms with E-state index < -0.39 is 0 Å². The van der Waals surface area contributed by atoms with E-state index in [1.807, 2.05) is 29.4 Å². The summed E-state index contributed by atoms with van der Waals surface area (Å²) in [4.78, 5) is 15.7. The maximum Gasteiger partial charge on any atom is 0.257 e. The molecule has 0 aliphatic carbocycles. The van der Waals surface area contributed by atoms with Gasteiger partial charge in [0.05, 0.1) is 12.7 Å². The van der Waals surface area contributed by atoms with Crippen LogP contribution in [-0.4, -0.2) is 36.8 Å². The molecule has 1 heterocycles. The second-order valence-corrected chi connectivity index (χ2v) is 5.79. The lowest BCUT2D eigenvalue weighted by Gasteiger charge is -2.33. The Morgan fingerprint density at radius 3 is 2.84 bits per heavy atom. The molecule has 0 aromatic heterocycles. The summed E-state index contributed by atoms with van der Waals surface area (Å²) in [5.41, 5.74) is 0.675. The van der Waals surface area contributed by atoms with Crippen LogP contribution in [0.15, 0.2) is 23.1 Å². The summed E-state index contributed by atoms with van der Waals surface area (Å²) in [7, 11) is 1.62. The van der Waals surface area contributed by atoms with Crippen LogP contribution in [0.25, 0.3) is 0 Å². The molecule has 1 aromatic carbocycles. The zero-order valence-electron chi connectivity index (χ0n) is 11.8. The number of hydrogen-bond acceptors (Lipinski definition) is 3. The Bertz CT molecular complexity index is 461. The number of ether oxygens (including phenoxy) is 1. The maximum absolute atomic E-state index is 12.6. The van der Waals surface area contributed by atoms with Crippen molar-refractivity contribution >= 4 is 17.7 Å². The predicted molar refractivity (Wildman–Crippen MR) is 79.1 cm³/mol.